The molecule has 0 aromatic heterocycles. The maximum atomic E-state index is 12.0. The van der Waals surface area contributed by atoms with E-state index in [1.165, 1.54) is 18.4 Å². The number of amides is 1. The number of rotatable bonds is 8. The standard InChI is InChI=1S/C21H29NO4/c1-15-9-10-19(16(2)13-15)25-14-20(23)26-17(3)21(24)22-12-11-18-7-5-4-6-8-18/h7,9-10,13,17H,4-6,8,11-12,14H2,1-3H3,(H,22,24)/t17-/m0/s1. The number of allylic oxidation sites excluding steroid dienone is 1. The Morgan fingerprint density at radius 1 is 1.23 bits per heavy atom. The molecular weight excluding hydrogens is 330 g/mol. The second-order valence-corrected chi connectivity index (χ2v) is 6.84. The van der Waals surface area contributed by atoms with Gasteiger partial charge in [-0.1, -0.05) is 29.3 Å². The second-order valence-electron chi connectivity index (χ2n) is 6.84. The van der Waals surface area contributed by atoms with E-state index in [0.29, 0.717) is 12.3 Å². The van der Waals surface area contributed by atoms with Crippen LogP contribution in [0.3, 0.4) is 0 Å². The number of ether oxygens (including phenoxy) is 2. The maximum absolute atomic E-state index is 12.0. The van der Waals surface area contributed by atoms with Gasteiger partial charge in [0.1, 0.15) is 5.75 Å². The second kappa shape index (κ2) is 10.00. The molecule has 5 nitrogen and oxygen atoms in total. The van der Waals surface area contributed by atoms with Crippen LogP contribution in [0.4, 0.5) is 0 Å². The third-order valence-corrected chi connectivity index (χ3v) is 4.48. The first-order chi connectivity index (χ1) is 12.5. The highest BCUT2D eigenvalue weighted by molar-refractivity contribution is 5.83. The Kier molecular flexibility index (Phi) is 7.70. The van der Waals surface area contributed by atoms with Crippen molar-refractivity contribution in [3.05, 3.63) is 41.0 Å². The van der Waals surface area contributed by atoms with Crippen molar-refractivity contribution in [1.29, 1.82) is 0 Å². The van der Waals surface area contributed by atoms with E-state index < -0.39 is 12.1 Å². The van der Waals surface area contributed by atoms with Crippen molar-refractivity contribution in [3.63, 3.8) is 0 Å². The number of hydrogen-bond donors (Lipinski definition) is 1. The molecule has 0 saturated carbocycles. The molecule has 0 saturated heterocycles. The lowest BCUT2D eigenvalue weighted by Crippen LogP contribution is -2.37. The zero-order chi connectivity index (χ0) is 18.9. The van der Waals surface area contributed by atoms with E-state index in [2.05, 4.69) is 11.4 Å². The van der Waals surface area contributed by atoms with Crippen molar-refractivity contribution in [2.75, 3.05) is 13.2 Å². The van der Waals surface area contributed by atoms with Crippen molar-refractivity contribution in [1.82, 2.24) is 5.32 Å². The van der Waals surface area contributed by atoms with Crippen molar-refractivity contribution in [3.8, 4) is 5.75 Å². The van der Waals surface area contributed by atoms with Crippen LogP contribution < -0.4 is 10.1 Å². The zero-order valence-corrected chi connectivity index (χ0v) is 16.0. The van der Waals surface area contributed by atoms with Gasteiger partial charge < -0.3 is 14.8 Å². The van der Waals surface area contributed by atoms with Crippen LogP contribution in [-0.4, -0.2) is 31.1 Å². The molecule has 1 aromatic carbocycles. The lowest BCUT2D eigenvalue weighted by atomic mass is 9.97. The molecule has 1 aromatic rings. The van der Waals surface area contributed by atoms with E-state index >= 15 is 0 Å². The molecule has 1 amide bonds. The summed E-state index contributed by atoms with van der Waals surface area (Å²) in [5.74, 6) is -0.186. The Morgan fingerprint density at radius 2 is 2.04 bits per heavy atom. The zero-order valence-electron chi connectivity index (χ0n) is 16.0. The Hall–Kier alpha value is -2.30. The highest BCUT2D eigenvalue weighted by Crippen LogP contribution is 2.20. The minimum atomic E-state index is -0.828. The van der Waals surface area contributed by atoms with Gasteiger partial charge in [-0.05, 0) is 64.5 Å². The lowest BCUT2D eigenvalue weighted by Gasteiger charge is -2.16. The molecule has 1 aliphatic rings. The van der Waals surface area contributed by atoms with Gasteiger partial charge in [-0.3, -0.25) is 4.79 Å². The maximum Gasteiger partial charge on any atom is 0.344 e. The number of carbonyl (C=O) groups is 2. The molecule has 142 valence electrons. The summed E-state index contributed by atoms with van der Waals surface area (Å²) in [6.07, 6.45) is 7.05. The Labute approximate surface area is 155 Å². The summed E-state index contributed by atoms with van der Waals surface area (Å²) in [4.78, 5) is 23.9. The summed E-state index contributed by atoms with van der Waals surface area (Å²) in [5.41, 5.74) is 3.50. The molecule has 0 bridgehead atoms. The number of carbonyl (C=O) groups excluding carboxylic acids is 2. The number of nitrogens with one attached hydrogen (secondary N) is 1. The average Bonchev–Trinajstić information content (AvgIpc) is 2.61. The summed E-state index contributed by atoms with van der Waals surface area (Å²) in [5, 5.41) is 2.83. The van der Waals surface area contributed by atoms with E-state index in [-0.39, 0.29) is 12.5 Å². The normalized spacial score (nSPS) is 15.0. The fourth-order valence-corrected chi connectivity index (χ4v) is 3.00. The summed E-state index contributed by atoms with van der Waals surface area (Å²) in [6.45, 7) is 5.85. The highest BCUT2D eigenvalue weighted by Gasteiger charge is 2.18. The van der Waals surface area contributed by atoms with Gasteiger partial charge in [-0.25, -0.2) is 4.79 Å². The first kappa shape index (κ1) is 20.0. The fraction of sp³-hybridized carbons (Fsp3) is 0.524. The minimum Gasteiger partial charge on any atom is -0.482 e. The molecule has 2 rings (SSSR count). The van der Waals surface area contributed by atoms with Crippen molar-refractivity contribution in [2.24, 2.45) is 0 Å². The van der Waals surface area contributed by atoms with E-state index in [0.717, 1.165) is 30.4 Å². The van der Waals surface area contributed by atoms with Crippen LogP contribution in [0.25, 0.3) is 0 Å². The van der Waals surface area contributed by atoms with Crippen LogP contribution in [0.2, 0.25) is 0 Å². The van der Waals surface area contributed by atoms with E-state index in [9.17, 15) is 9.59 Å². The van der Waals surface area contributed by atoms with Crippen molar-refractivity contribution in [2.45, 2.75) is 59.0 Å². The molecule has 0 heterocycles. The van der Waals surface area contributed by atoms with Crippen LogP contribution in [-0.2, 0) is 14.3 Å². The van der Waals surface area contributed by atoms with Gasteiger partial charge in [-0.2, -0.15) is 0 Å². The Morgan fingerprint density at radius 3 is 2.73 bits per heavy atom. The summed E-state index contributed by atoms with van der Waals surface area (Å²) in [6, 6.07) is 5.73. The number of aryl methyl sites for hydroxylation is 2. The summed E-state index contributed by atoms with van der Waals surface area (Å²) < 4.78 is 10.6. The molecule has 0 radical (unpaired) electrons. The van der Waals surface area contributed by atoms with Crippen LogP contribution in [0.5, 0.6) is 5.75 Å². The molecule has 1 aliphatic carbocycles. The molecule has 0 aliphatic heterocycles. The molecule has 0 unspecified atom stereocenters. The predicted octanol–water partition coefficient (Wildman–Crippen LogP) is 3.62. The van der Waals surface area contributed by atoms with Crippen LogP contribution >= 0.6 is 0 Å². The molecule has 1 atom stereocenters. The van der Waals surface area contributed by atoms with Gasteiger partial charge in [0.2, 0.25) is 0 Å². The number of hydrogen-bond acceptors (Lipinski definition) is 4. The molecule has 0 fully saturated rings. The first-order valence-corrected chi connectivity index (χ1v) is 9.31. The van der Waals surface area contributed by atoms with Crippen molar-refractivity contribution < 1.29 is 19.1 Å². The van der Waals surface area contributed by atoms with E-state index in [4.69, 9.17) is 9.47 Å². The van der Waals surface area contributed by atoms with Gasteiger partial charge in [0, 0.05) is 6.54 Å². The Balaban J connectivity index is 1.68. The topological polar surface area (TPSA) is 64.6 Å². The van der Waals surface area contributed by atoms with Crippen LogP contribution in [0.1, 0.15) is 50.2 Å². The first-order valence-electron chi connectivity index (χ1n) is 9.31. The Bertz CT molecular complexity index is 666. The van der Waals surface area contributed by atoms with Gasteiger partial charge in [0.05, 0.1) is 0 Å². The van der Waals surface area contributed by atoms with Gasteiger partial charge in [0.15, 0.2) is 12.7 Å². The van der Waals surface area contributed by atoms with E-state index in [1.54, 1.807) is 6.92 Å². The van der Waals surface area contributed by atoms with Crippen LogP contribution in [0.15, 0.2) is 29.8 Å². The fourth-order valence-electron chi connectivity index (χ4n) is 3.00. The van der Waals surface area contributed by atoms with Crippen LogP contribution in [0, 0.1) is 13.8 Å². The quantitative estimate of drug-likeness (QED) is 0.569. The largest absolute Gasteiger partial charge is 0.482 e. The smallest absolute Gasteiger partial charge is 0.344 e. The van der Waals surface area contributed by atoms with Gasteiger partial charge >= 0.3 is 5.97 Å². The molecule has 1 N–H and O–H groups in total. The average molecular weight is 359 g/mol. The number of benzene rings is 1. The predicted molar refractivity (Wildman–Crippen MR) is 101 cm³/mol. The third kappa shape index (κ3) is 6.54. The minimum absolute atomic E-state index is 0.214. The highest BCUT2D eigenvalue weighted by atomic mass is 16.6. The number of esters is 1. The molecule has 5 heteroatoms. The SMILES string of the molecule is Cc1ccc(OCC(=O)O[C@@H](C)C(=O)NCCC2=CCCCC2)c(C)c1. The van der Waals surface area contributed by atoms with E-state index in [1.807, 2.05) is 32.0 Å². The third-order valence-electron chi connectivity index (χ3n) is 4.48. The molecule has 26 heavy (non-hydrogen) atoms. The summed E-state index contributed by atoms with van der Waals surface area (Å²) in [7, 11) is 0. The van der Waals surface area contributed by atoms with Gasteiger partial charge in [-0.15, -0.1) is 0 Å². The van der Waals surface area contributed by atoms with Crippen molar-refractivity contribution >= 4 is 11.9 Å². The van der Waals surface area contributed by atoms with Gasteiger partial charge in [0.25, 0.3) is 5.91 Å². The molecule has 0 spiro atoms. The summed E-state index contributed by atoms with van der Waals surface area (Å²) >= 11 is 0. The molecular formula is C21H29NO4. The lowest BCUT2D eigenvalue weighted by molar-refractivity contribution is -0.156. The monoisotopic (exact) mass is 359 g/mol.